The minimum absolute atomic E-state index is 0.00528. The Kier molecular flexibility index (Phi) is 12.1. The van der Waals surface area contributed by atoms with Crippen LogP contribution in [-0.2, 0) is 26.3 Å². The smallest absolute Gasteiger partial charge is 0.255 e. The fourth-order valence-electron chi connectivity index (χ4n) is 12.0. The summed E-state index contributed by atoms with van der Waals surface area (Å²) in [4.78, 5) is 70.2. The molecule has 4 fully saturated rings. The summed E-state index contributed by atoms with van der Waals surface area (Å²) in [6.45, 7) is 8.30. The molecule has 0 bridgehead atoms. The van der Waals surface area contributed by atoms with Crippen LogP contribution in [0, 0.1) is 34.4 Å². The normalized spacial score (nSPS) is 27.0. The van der Waals surface area contributed by atoms with Crippen LogP contribution in [-0.4, -0.2) is 84.2 Å². The van der Waals surface area contributed by atoms with E-state index in [-0.39, 0.29) is 64.4 Å². The van der Waals surface area contributed by atoms with E-state index in [2.05, 4.69) is 53.9 Å². The van der Waals surface area contributed by atoms with Gasteiger partial charge in [-0.2, -0.15) is 0 Å². The van der Waals surface area contributed by atoms with Gasteiger partial charge in [0.25, 0.3) is 11.8 Å². The quantitative estimate of drug-likeness (QED) is 0.107. The summed E-state index contributed by atoms with van der Waals surface area (Å²) >= 11 is 12.9. The number of likely N-dealkylation sites (tertiary alicyclic amines) is 1. The monoisotopic (exact) mass is 972 g/mol. The topological polar surface area (TPSA) is 149 Å². The Morgan fingerprint density at radius 1 is 1.00 bits per heavy atom. The molecule has 4 aromatic carbocycles. The zero-order chi connectivity index (χ0) is 48.6. The third kappa shape index (κ3) is 8.42. The van der Waals surface area contributed by atoms with Crippen LogP contribution in [0.15, 0.2) is 72.8 Å². The van der Waals surface area contributed by atoms with Gasteiger partial charge < -0.3 is 30.5 Å². The molecule has 2 spiro atoms. The molecule has 69 heavy (non-hydrogen) atoms. The Balaban J connectivity index is 0.840. The first-order chi connectivity index (χ1) is 33.0. The van der Waals surface area contributed by atoms with E-state index in [0.29, 0.717) is 65.6 Å². The number of benzene rings is 4. The molecule has 0 aromatic heterocycles. The maximum atomic E-state index is 16.3. The summed E-state index contributed by atoms with van der Waals surface area (Å²) in [5.41, 5.74) is 4.13. The number of amides is 5. The van der Waals surface area contributed by atoms with Crippen molar-refractivity contribution in [1.29, 1.82) is 0 Å². The number of carbonyl (C=O) groups excluding carboxylic acids is 5. The first-order valence-electron chi connectivity index (χ1n) is 23.8. The highest BCUT2D eigenvalue weighted by Gasteiger charge is 2.62. The van der Waals surface area contributed by atoms with Gasteiger partial charge in [0.05, 0.1) is 23.9 Å². The maximum Gasteiger partial charge on any atom is 0.255 e. The molecule has 5 aliphatic heterocycles. The third-order valence-corrected chi connectivity index (χ3v) is 16.0. The van der Waals surface area contributed by atoms with Crippen LogP contribution in [0.2, 0.25) is 10.0 Å². The largest absolute Gasteiger partial charge is 0.495 e. The molecular formula is C54H55Cl2FN6O6. The van der Waals surface area contributed by atoms with Gasteiger partial charge >= 0.3 is 0 Å². The van der Waals surface area contributed by atoms with E-state index < -0.39 is 35.1 Å². The number of halogens is 3. The Bertz CT molecular complexity index is 2890. The molecule has 6 aliphatic rings. The molecule has 12 nitrogen and oxygen atoms in total. The van der Waals surface area contributed by atoms with Crippen LogP contribution in [0.25, 0.3) is 0 Å². The highest BCUT2D eigenvalue weighted by atomic mass is 35.5. The van der Waals surface area contributed by atoms with Crippen molar-refractivity contribution in [2.45, 2.75) is 102 Å². The number of ether oxygens (including phenoxy) is 1. The lowest BCUT2D eigenvalue weighted by atomic mass is 9.63. The third-order valence-electron chi connectivity index (χ3n) is 15.5. The second kappa shape index (κ2) is 17.8. The van der Waals surface area contributed by atoms with E-state index in [1.165, 1.54) is 13.2 Å². The van der Waals surface area contributed by atoms with Crippen molar-refractivity contribution in [3.05, 3.63) is 122 Å². The van der Waals surface area contributed by atoms with Gasteiger partial charge in [-0.05, 0) is 115 Å². The van der Waals surface area contributed by atoms with E-state index in [1.54, 1.807) is 41.3 Å². The summed E-state index contributed by atoms with van der Waals surface area (Å²) in [6.07, 6.45) is 4.64. The molecule has 15 heteroatoms. The Morgan fingerprint density at radius 2 is 1.81 bits per heavy atom. The van der Waals surface area contributed by atoms with Crippen molar-refractivity contribution in [3.63, 3.8) is 0 Å². The predicted octanol–water partition coefficient (Wildman–Crippen LogP) is 8.45. The average molecular weight is 974 g/mol. The van der Waals surface area contributed by atoms with Gasteiger partial charge in [0.2, 0.25) is 17.7 Å². The summed E-state index contributed by atoms with van der Waals surface area (Å²) in [5.74, 6) is 4.59. The molecular weight excluding hydrogens is 919 g/mol. The number of nitrogens with one attached hydrogen (secondary N) is 4. The highest BCUT2D eigenvalue weighted by molar-refractivity contribution is 6.31. The second-order valence-electron chi connectivity index (χ2n) is 20.8. The van der Waals surface area contributed by atoms with E-state index in [9.17, 15) is 24.0 Å². The average Bonchev–Trinajstić information content (AvgIpc) is 3.63. The number of carbonyl (C=O) groups is 5. The summed E-state index contributed by atoms with van der Waals surface area (Å²) < 4.78 is 22.2. The van der Waals surface area contributed by atoms with Gasteiger partial charge in [0.15, 0.2) is 0 Å². The van der Waals surface area contributed by atoms with Gasteiger partial charge in [0.1, 0.15) is 17.6 Å². The zero-order valence-corrected chi connectivity index (χ0v) is 40.6. The van der Waals surface area contributed by atoms with Crippen LogP contribution in [0.3, 0.4) is 0 Å². The van der Waals surface area contributed by atoms with Gasteiger partial charge in [-0.1, -0.05) is 80.1 Å². The fourth-order valence-corrected chi connectivity index (χ4v) is 12.3. The van der Waals surface area contributed by atoms with Crippen LogP contribution in [0.1, 0.15) is 115 Å². The first kappa shape index (κ1) is 46.8. The van der Waals surface area contributed by atoms with E-state index in [0.717, 1.165) is 48.1 Å². The van der Waals surface area contributed by atoms with Crippen molar-refractivity contribution in [2.24, 2.45) is 16.7 Å². The van der Waals surface area contributed by atoms with Crippen LogP contribution < -0.4 is 26.0 Å². The molecule has 358 valence electrons. The van der Waals surface area contributed by atoms with Gasteiger partial charge in [-0.25, -0.2) is 4.39 Å². The number of hydrogen-bond acceptors (Lipinski definition) is 8. The second-order valence-corrected chi connectivity index (χ2v) is 21.7. The van der Waals surface area contributed by atoms with Crippen LogP contribution >= 0.6 is 23.2 Å². The minimum Gasteiger partial charge on any atom is -0.495 e. The molecule has 1 saturated carbocycles. The van der Waals surface area contributed by atoms with Gasteiger partial charge in [-0.15, -0.1) is 0 Å². The number of piperidine rings is 1. The van der Waals surface area contributed by atoms with Crippen molar-refractivity contribution in [1.82, 2.24) is 20.4 Å². The maximum absolute atomic E-state index is 16.3. The fraction of sp³-hybridized carbons (Fsp3) is 0.426. The van der Waals surface area contributed by atoms with E-state index in [1.807, 2.05) is 35.2 Å². The molecule has 5 amide bonds. The first-order valence-corrected chi connectivity index (χ1v) is 24.6. The molecule has 7 atom stereocenters. The lowest BCUT2D eigenvalue weighted by molar-refractivity contribution is -0.137. The SMILES string of the molecule is COc1cc(C(=O)N2CCCC3(CC2)C[C@H]3C#Cc2cccc3c2CN([C@H]2CCC(=O)NC2=O)C3=O)ccc1NC(=O)[C@@H]1N[C@@H](CC(C)(C)C)[C@@]2(CNc3cc(Cl)ccc32)[C@H]1c1cccc(Cl)c1F. The molecule has 0 radical (unpaired) electrons. The van der Waals surface area contributed by atoms with Crippen molar-refractivity contribution in [3.8, 4) is 17.6 Å². The Labute approximate surface area is 411 Å². The van der Waals surface area contributed by atoms with Crippen LogP contribution in [0.5, 0.6) is 5.75 Å². The molecule has 10 rings (SSSR count). The molecule has 3 saturated heterocycles. The molecule has 4 N–H and O–H groups in total. The van der Waals surface area contributed by atoms with Gasteiger partial charge in [-0.3, -0.25) is 29.3 Å². The predicted molar refractivity (Wildman–Crippen MR) is 262 cm³/mol. The number of hydrogen-bond donors (Lipinski definition) is 4. The zero-order valence-electron chi connectivity index (χ0n) is 39.1. The molecule has 1 aliphatic carbocycles. The van der Waals surface area contributed by atoms with Crippen LogP contribution in [0.4, 0.5) is 15.8 Å². The molecule has 1 unspecified atom stereocenters. The summed E-state index contributed by atoms with van der Waals surface area (Å²) in [5, 5.41) is 13.2. The molecule has 4 aromatic rings. The summed E-state index contributed by atoms with van der Waals surface area (Å²) in [6, 6.07) is 19.3. The minimum atomic E-state index is -0.895. The Morgan fingerprint density at radius 3 is 2.59 bits per heavy atom. The number of fused-ring (bicyclic) bond motifs is 3. The number of anilines is 2. The Hall–Kier alpha value is -5.94. The number of nitrogens with zero attached hydrogens (tertiary/aromatic N) is 2. The number of imide groups is 1. The molecule has 5 heterocycles. The highest BCUT2D eigenvalue weighted by Crippen LogP contribution is 2.59. The van der Waals surface area contributed by atoms with Crippen molar-refractivity contribution in [2.75, 3.05) is 37.4 Å². The van der Waals surface area contributed by atoms with Crippen molar-refractivity contribution < 1.29 is 33.1 Å². The number of methoxy groups -OCH3 is 1. The lowest BCUT2D eigenvalue weighted by Crippen LogP contribution is -2.52. The van der Waals surface area contributed by atoms with E-state index >= 15 is 4.39 Å². The number of rotatable bonds is 7. The van der Waals surface area contributed by atoms with E-state index in [4.69, 9.17) is 27.9 Å². The standard InChI is InChI=1S/C54H55Cl2FN6O6/c1-52(2,3)27-43-54(29-58-40-25-33(55)15-16-37(40)54)45(35-10-6-11-38(56)46(35)57)47(60-43)49(66)59-39-17-13-31(24-42(39)69-4)50(67)62-22-7-20-53(21-23-62)26-32(53)14-12-30-8-5-9-34-36(30)28-63(51(34)68)41-18-19-44(64)61-48(41)65/h5-6,8-11,13,15-17,24-25,32,41,43,45,47,58,60H,7,18-23,26-29H2,1-4H3,(H,59,66)(H,61,64,65)/t32-,41+,43+,45+,47-,53?,54+/m1/s1. The van der Waals surface area contributed by atoms with Gasteiger partial charge in [0, 0.05) is 83.3 Å². The van der Waals surface area contributed by atoms with Crippen molar-refractivity contribution >= 4 is 64.1 Å². The lowest BCUT2D eigenvalue weighted by Gasteiger charge is -2.39. The summed E-state index contributed by atoms with van der Waals surface area (Å²) in [7, 11) is 1.50.